The molecule has 8 heteroatoms. The summed E-state index contributed by atoms with van der Waals surface area (Å²) in [7, 11) is 2.10. The van der Waals surface area contributed by atoms with E-state index < -0.39 is 0 Å². The molecule has 0 atom stereocenters. The fourth-order valence-corrected chi connectivity index (χ4v) is 4.43. The number of rotatable bonds is 5. The predicted octanol–water partition coefficient (Wildman–Crippen LogP) is 1.98. The summed E-state index contributed by atoms with van der Waals surface area (Å²) in [6.45, 7) is 9.72. The van der Waals surface area contributed by atoms with Gasteiger partial charge in [0.2, 0.25) is 5.91 Å². The Kier molecular flexibility index (Phi) is 6.32. The molecular weight excluding hydrogens is 378 g/mol. The monoisotopic (exact) mass is 411 g/mol. The zero-order chi connectivity index (χ0) is 21.1. The van der Waals surface area contributed by atoms with Gasteiger partial charge in [-0.05, 0) is 64.3 Å². The average Bonchev–Trinajstić information content (AvgIpc) is 3.06. The van der Waals surface area contributed by atoms with Crippen LogP contribution >= 0.6 is 0 Å². The van der Waals surface area contributed by atoms with Crippen LogP contribution in [0.1, 0.15) is 42.6 Å². The highest BCUT2D eigenvalue weighted by Crippen LogP contribution is 2.21. The Hall–Kier alpha value is -2.48. The minimum atomic E-state index is 0.236. The minimum absolute atomic E-state index is 0.236. The first kappa shape index (κ1) is 20.8. The van der Waals surface area contributed by atoms with Crippen molar-refractivity contribution in [1.82, 2.24) is 29.8 Å². The number of anilines is 1. The van der Waals surface area contributed by atoms with Crippen LogP contribution in [0, 0.1) is 13.8 Å². The van der Waals surface area contributed by atoms with E-state index in [-0.39, 0.29) is 5.91 Å². The normalized spacial score (nSPS) is 18.1. The quantitative estimate of drug-likeness (QED) is 0.749. The van der Waals surface area contributed by atoms with Crippen LogP contribution in [0.25, 0.3) is 5.82 Å². The lowest BCUT2D eigenvalue weighted by molar-refractivity contribution is -0.132. The molecule has 0 spiro atoms. The number of carbonyl (C=O) groups excluding carboxylic acids is 1. The molecule has 0 unspecified atom stereocenters. The third kappa shape index (κ3) is 4.48. The molecule has 0 bridgehead atoms. The molecule has 8 nitrogen and oxygen atoms in total. The maximum absolute atomic E-state index is 12.6. The predicted molar refractivity (Wildman–Crippen MR) is 117 cm³/mol. The Bertz CT molecular complexity index is 862. The topological polar surface area (TPSA) is 70.4 Å². The molecule has 30 heavy (non-hydrogen) atoms. The Labute approximate surface area is 178 Å². The van der Waals surface area contributed by atoms with E-state index in [1.165, 1.54) is 19.3 Å². The van der Waals surface area contributed by atoms with Crippen molar-refractivity contribution in [3.8, 4) is 5.82 Å². The fourth-order valence-electron chi connectivity index (χ4n) is 4.43. The lowest BCUT2D eigenvalue weighted by atomic mass is 10.1. The number of likely N-dealkylation sites (N-methyl/N-ethyl adjacent to an activating group) is 1. The summed E-state index contributed by atoms with van der Waals surface area (Å²) in [5, 5.41) is 13.6. The van der Waals surface area contributed by atoms with Gasteiger partial charge in [-0.2, -0.15) is 5.10 Å². The van der Waals surface area contributed by atoms with Gasteiger partial charge in [0.25, 0.3) is 0 Å². The first-order valence-electron chi connectivity index (χ1n) is 11.1. The molecule has 162 valence electrons. The van der Waals surface area contributed by atoms with Crippen molar-refractivity contribution in [2.24, 2.45) is 0 Å². The second-order valence-corrected chi connectivity index (χ2v) is 8.54. The first-order chi connectivity index (χ1) is 14.5. The highest BCUT2D eigenvalue weighted by atomic mass is 16.2. The van der Waals surface area contributed by atoms with Gasteiger partial charge in [0.05, 0.1) is 5.69 Å². The second-order valence-electron chi connectivity index (χ2n) is 8.54. The molecule has 2 fully saturated rings. The Morgan fingerprint density at radius 3 is 2.27 bits per heavy atom. The van der Waals surface area contributed by atoms with Crippen LogP contribution in [0.5, 0.6) is 0 Å². The van der Waals surface area contributed by atoms with Crippen LogP contribution < -0.4 is 4.90 Å². The summed E-state index contributed by atoms with van der Waals surface area (Å²) in [5.74, 6) is 1.91. The van der Waals surface area contributed by atoms with Gasteiger partial charge in [0, 0.05) is 51.4 Å². The van der Waals surface area contributed by atoms with Crippen molar-refractivity contribution >= 4 is 11.7 Å². The maximum atomic E-state index is 12.6. The molecular formula is C22H33N7O. The summed E-state index contributed by atoms with van der Waals surface area (Å²) >= 11 is 0. The van der Waals surface area contributed by atoms with E-state index in [1.807, 2.05) is 28.6 Å². The molecule has 4 heterocycles. The molecule has 0 N–H and O–H groups in total. The SMILES string of the molecule is Cc1nn(-c2ccc(N3CCCCC3)nn2)c(C)c1CCC(=O)N1CCN(C)CC1. The van der Waals surface area contributed by atoms with Gasteiger partial charge >= 0.3 is 0 Å². The number of carbonyl (C=O) groups is 1. The standard InChI is InChI=1S/C22H33N7O/c1-17-19(7-10-22(30)28-15-13-26(3)14-16-28)18(2)29(25-17)21-9-8-20(23-24-21)27-11-5-4-6-12-27/h8-9H,4-7,10-16H2,1-3H3. The number of piperazine rings is 1. The van der Waals surface area contributed by atoms with Gasteiger partial charge in [0.1, 0.15) is 0 Å². The Morgan fingerprint density at radius 2 is 1.60 bits per heavy atom. The number of piperidine rings is 1. The summed E-state index contributed by atoms with van der Waals surface area (Å²) in [6.07, 6.45) is 4.97. The largest absolute Gasteiger partial charge is 0.355 e. The van der Waals surface area contributed by atoms with Crippen LogP contribution in [0.3, 0.4) is 0 Å². The number of aryl methyl sites for hydroxylation is 1. The van der Waals surface area contributed by atoms with Crippen LogP contribution in [0.2, 0.25) is 0 Å². The molecule has 2 aromatic heterocycles. The van der Waals surface area contributed by atoms with Crippen LogP contribution in [0.4, 0.5) is 5.82 Å². The zero-order valence-corrected chi connectivity index (χ0v) is 18.5. The first-order valence-corrected chi connectivity index (χ1v) is 11.1. The smallest absolute Gasteiger partial charge is 0.222 e. The molecule has 4 rings (SSSR count). The van der Waals surface area contributed by atoms with Crippen molar-refractivity contribution in [2.75, 3.05) is 51.2 Å². The van der Waals surface area contributed by atoms with Crippen LogP contribution in [0.15, 0.2) is 12.1 Å². The molecule has 1 amide bonds. The highest BCUT2D eigenvalue weighted by molar-refractivity contribution is 5.76. The van der Waals surface area contributed by atoms with Gasteiger partial charge in [-0.1, -0.05) is 0 Å². The van der Waals surface area contributed by atoms with Crippen LogP contribution in [-0.2, 0) is 11.2 Å². The third-order valence-electron chi connectivity index (χ3n) is 6.42. The molecule has 0 radical (unpaired) electrons. The van der Waals surface area contributed by atoms with Gasteiger partial charge in [-0.3, -0.25) is 4.79 Å². The number of aromatic nitrogens is 4. The molecule has 0 saturated carbocycles. The van der Waals surface area contributed by atoms with Crippen molar-refractivity contribution in [3.63, 3.8) is 0 Å². The number of hydrogen-bond acceptors (Lipinski definition) is 6. The summed E-state index contributed by atoms with van der Waals surface area (Å²) < 4.78 is 1.86. The Morgan fingerprint density at radius 1 is 0.933 bits per heavy atom. The molecule has 2 aliphatic heterocycles. The lowest BCUT2D eigenvalue weighted by Gasteiger charge is -2.32. The van der Waals surface area contributed by atoms with E-state index in [0.717, 1.165) is 67.9 Å². The third-order valence-corrected chi connectivity index (χ3v) is 6.42. The van der Waals surface area contributed by atoms with Crippen LogP contribution in [-0.4, -0.2) is 82.0 Å². The maximum Gasteiger partial charge on any atom is 0.222 e. The van der Waals surface area contributed by atoms with Crippen molar-refractivity contribution in [3.05, 3.63) is 29.1 Å². The lowest BCUT2D eigenvalue weighted by Crippen LogP contribution is -2.47. The van der Waals surface area contributed by atoms with E-state index >= 15 is 0 Å². The summed E-state index contributed by atoms with van der Waals surface area (Å²) in [5.41, 5.74) is 3.14. The van der Waals surface area contributed by atoms with Gasteiger partial charge in [-0.25, -0.2) is 4.68 Å². The molecule has 0 aromatic carbocycles. The highest BCUT2D eigenvalue weighted by Gasteiger charge is 2.21. The molecule has 2 saturated heterocycles. The zero-order valence-electron chi connectivity index (χ0n) is 18.5. The fraction of sp³-hybridized carbons (Fsp3) is 0.636. The number of nitrogens with zero attached hydrogens (tertiary/aromatic N) is 7. The van der Waals surface area contributed by atoms with E-state index in [0.29, 0.717) is 12.8 Å². The average molecular weight is 412 g/mol. The molecule has 2 aliphatic rings. The van der Waals surface area contributed by atoms with E-state index in [1.54, 1.807) is 0 Å². The molecule has 0 aliphatic carbocycles. The summed E-state index contributed by atoms with van der Waals surface area (Å²) in [6, 6.07) is 4.04. The molecule has 2 aromatic rings. The minimum Gasteiger partial charge on any atom is -0.355 e. The van der Waals surface area contributed by atoms with Gasteiger partial charge in [-0.15, -0.1) is 10.2 Å². The van der Waals surface area contributed by atoms with E-state index in [9.17, 15) is 4.79 Å². The van der Waals surface area contributed by atoms with Crippen molar-refractivity contribution < 1.29 is 4.79 Å². The van der Waals surface area contributed by atoms with E-state index in [2.05, 4.69) is 34.0 Å². The Balaban J connectivity index is 1.42. The number of amides is 1. The van der Waals surface area contributed by atoms with Gasteiger partial charge < -0.3 is 14.7 Å². The van der Waals surface area contributed by atoms with Crippen molar-refractivity contribution in [1.29, 1.82) is 0 Å². The van der Waals surface area contributed by atoms with Gasteiger partial charge in [0.15, 0.2) is 11.6 Å². The summed E-state index contributed by atoms with van der Waals surface area (Å²) in [4.78, 5) is 19.2. The van der Waals surface area contributed by atoms with E-state index in [4.69, 9.17) is 5.10 Å². The number of hydrogen-bond donors (Lipinski definition) is 0. The second kappa shape index (κ2) is 9.12. The van der Waals surface area contributed by atoms with Crippen molar-refractivity contribution in [2.45, 2.75) is 46.0 Å².